The highest BCUT2D eigenvalue weighted by Gasteiger charge is 2.06. The lowest BCUT2D eigenvalue weighted by molar-refractivity contribution is 0.372. The Labute approximate surface area is 125 Å². The zero-order chi connectivity index (χ0) is 14.5. The van der Waals surface area contributed by atoms with Crippen molar-refractivity contribution in [3.05, 3.63) is 51.8 Å². The van der Waals surface area contributed by atoms with Crippen LogP contribution in [0.2, 0.25) is 0 Å². The number of ether oxygens (including phenoxy) is 1. The molecule has 0 saturated carbocycles. The van der Waals surface area contributed by atoms with Crippen LogP contribution >= 0.6 is 15.9 Å². The number of nitriles is 1. The van der Waals surface area contributed by atoms with Crippen LogP contribution in [-0.2, 0) is 0 Å². The van der Waals surface area contributed by atoms with Crippen LogP contribution in [0.15, 0.2) is 34.9 Å². The van der Waals surface area contributed by atoms with Gasteiger partial charge in [0.15, 0.2) is 11.5 Å². The van der Waals surface area contributed by atoms with Crippen LogP contribution in [0.1, 0.15) is 16.8 Å². The van der Waals surface area contributed by atoms with Crippen LogP contribution in [0, 0.1) is 11.3 Å². The number of phenols is 1. The molecule has 0 aliphatic rings. The molecular weight excluding hydrogens is 320 g/mol. The van der Waals surface area contributed by atoms with E-state index in [1.807, 2.05) is 18.2 Å². The van der Waals surface area contributed by atoms with Gasteiger partial charge in [-0.15, -0.1) is 0 Å². The van der Waals surface area contributed by atoms with Crippen molar-refractivity contribution in [1.29, 1.82) is 5.26 Å². The Morgan fingerprint density at radius 1 is 1.35 bits per heavy atom. The lowest BCUT2D eigenvalue weighted by Gasteiger charge is -2.06. The Balaban J connectivity index is 2.27. The molecule has 2 aromatic rings. The lowest BCUT2D eigenvalue weighted by Crippen LogP contribution is -1.86. The summed E-state index contributed by atoms with van der Waals surface area (Å²) in [4.78, 5) is 4.15. The first-order valence-electron chi connectivity index (χ1n) is 5.75. The fourth-order valence-corrected chi connectivity index (χ4v) is 2.06. The summed E-state index contributed by atoms with van der Waals surface area (Å²) in [5.41, 5.74) is 2.13. The number of aromatic nitrogens is 1. The van der Waals surface area contributed by atoms with E-state index in [4.69, 9.17) is 10.00 Å². The van der Waals surface area contributed by atoms with E-state index in [0.29, 0.717) is 15.8 Å². The van der Waals surface area contributed by atoms with Gasteiger partial charge in [0.1, 0.15) is 6.07 Å². The Morgan fingerprint density at radius 2 is 2.15 bits per heavy atom. The monoisotopic (exact) mass is 330 g/mol. The van der Waals surface area contributed by atoms with E-state index in [9.17, 15) is 5.11 Å². The van der Waals surface area contributed by atoms with Gasteiger partial charge in [-0.3, -0.25) is 4.98 Å². The first-order chi connectivity index (χ1) is 9.63. The number of hydrogen-bond acceptors (Lipinski definition) is 4. The standard InChI is InChI=1S/C15H11BrN2O2/c1-20-14-7-10(6-13(16)15(14)19)2-4-12-5-3-11(8-17)9-18-12/h2-7,9,19H,1H3/b4-2+. The third-order valence-corrected chi connectivity index (χ3v) is 3.24. The first kappa shape index (κ1) is 14.1. The van der Waals surface area contributed by atoms with Crippen molar-refractivity contribution in [3.8, 4) is 17.6 Å². The summed E-state index contributed by atoms with van der Waals surface area (Å²) in [7, 11) is 1.50. The molecule has 4 nitrogen and oxygen atoms in total. The van der Waals surface area contributed by atoms with Crippen LogP contribution < -0.4 is 4.74 Å². The van der Waals surface area contributed by atoms with E-state index < -0.39 is 0 Å². The predicted molar refractivity (Wildman–Crippen MR) is 80.2 cm³/mol. The summed E-state index contributed by atoms with van der Waals surface area (Å²) in [6, 6.07) is 8.99. The summed E-state index contributed by atoms with van der Waals surface area (Å²) in [5, 5.41) is 18.4. The van der Waals surface area contributed by atoms with Crippen molar-refractivity contribution in [1.82, 2.24) is 4.98 Å². The molecule has 0 spiro atoms. The van der Waals surface area contributed by atoms with E-state index >= 15 is 0 Å². The van der Waals surface area contributed by atoms with Crippen LogP contribution in [0.4, 0.5) is 0 Å². The predicted octanol–water partition coefficient (Wildman–Crippen LogP) is 3.60. The van der Waals surface area contributed by atoms with Gasteiger partial charge in [-0.1, -0.05) is 6.08 Å². The van der Waals surface area contributed by atoms with Gasteiger partial charge in [0.25, 0.3) is 0 Å². The van der Waals surface area contributed by atoms with Crippen LogP contribution in [0.3, 0.4) is 0 Å². The molecule has 0 bridgehead atoms. The van der Waals surface area contributed by atoms with Gasteiger partial charge in [-0.25, -0.2) is 0 Å². The second-order valence-electron chi connectivity index (χ2n) is 3.97. The average Bonchev–Trinajstić information content (AvgIpc) is 2.48. The zero-order valence-corrected chi connectivity index (χ0v) is 12.3. The maximum Gasteiger partial charge on any atom is 0.172 e. The van der Waals surface area contributed by atoms with Gasteiger partial charge in [0.05, 0.1) is 22.8 Å². The summed E-state index contributed by atoms with van der Waals surface area (Å²) in [6.07, 6.45) is 5.19. The number of methoxy groups -OCH3 is 1. The molecule has 1 heterocycles. The molecule has 20 heavy (non-hydrogen) atoms. The second-order valence-corrected chi connectivity index (χ2v) is 4.82. The number of benzene rings is 1. The summed E-state index contributed by atoms with van der Waals surface area (Å²) >= 11 is 3.27. The van der Waals surface area contributed by atoms with Crippen LogP contribution in [0.25, 0.3) is 12.2 Å². The molecule has 0 amide bonds. The van der Waals surface area contributed by atoms with Gasteiger partial charge < -0.3 is 9.84 Å². The molecule has 2 rings (SSSR count). The SMILES string of the molecule is COc1cc(/C=C/c2ccc(C#N)cn2)cc(Br)c1O. The third kappa shape index (κ3) is 3.16. The van der Waals surface area contributed by atoms with Gasteiger partial charge in [-0.05, 0) is 51.8 Å². The number of phenolic OH excluding ortho intramolecular Hbond substituents is 1. The molecular formula is C15H11BrN2O2. The largest absolute Gasteiger partial charge is 0.503 e. The fraction of sp³-hybridized carbons (Fsp3) is 0.0667. The molecule has 0 fully saturated rings. The minimum Gasteiger partial charge on any atom is -0.503 e. The highest BCUT2D eigenvalue weighted by molar-refractivity contribution is 9.10. The van der Waals surface area contributed by atoms with E-state index in [2.05, 4.69) is 20.9 Å². The van der Waals surface area contributed by atoms with E-state index in [0.717, 1.165) is 11.3 Å². The fourth-order valence-electron chi connectivity index (χ4n) is 1.60. The van der Waals surface area contributed by atoms with E-state index in [-0.39, 0.29) is 5.75 Å². The quantitative estimate of drug-likeness (QED) is 0.933. The Morgan fingerprint density at radius 3 is 2.75 bits per heavy atom. The molecule has 0 aliphatic heterocycles. The van der Waals surface area contributed by atoms with Crippen molar-refractivity contribution in [3.63, 3.8) is 0 Å². The molecule has 0 radical (unpaired) electrons. The van der Waals surface area contributed by atoms with Crippen LogP contribution in [-0.4, -0.2) is 17.2 Å². The summed E-state index contributed by atoms with van der Waals surface area (Å²) in [6.45, 7) is 0. The topological polar surface area (TPSA) is 66.1 Å². The molecule has 1 aromatic heterocycles. The normalized spacial score (nSPS) is 10.4. The molecule has 0 saturated heterocycles. The lowest BCUT2D eigenvalue weighted by atomic mass is 10.1. The third-order valence-electron chi connectivity index (χ3n) is 2.63. The highest BCUT2D eigenvalue weighted by atomic mass is 79.9. The molecule has 1 aromatic carbocycles. The number of nitrogens with zero attached hydrogens (tertiary/aromatic N) is 2. The minimum atomic E-state index is 0.0705. The van der Waals surface area contributed by atoms with Crippen molar-refractivity contribution in [2.75, 3.05) is 7.11 Å². The molecule has 0 aliphatic carbocycles. The summed E-state index contributed by atoms with van der Waals surface area (Å²) < 4.78 is 5.64. The summed E-state index contributed by atoms with van der Waals surface area (Å²) in [5.74, 6) is 0.466. The van der Waals surface area contributed by atoms with E-state index in [1.54, 1.807) is 24.3 Å². The second kappa shape index (κ2) is 6.22. The number of hydrogen-bond donors (Lipinski definition) is 1. The Kier molecular flexibility index (Phi) is 4.38. The van der Waals surface area contributed by atoms with Crippen molar-refractivity contribution in [2.45, 2.75) is 0 Å². The highest BCUT2D eigenvalue weighted by Crippen LogP contribution is 2.35. The Hall–Kier alpha value is -2.32. The van der Waals surface area contributed by atoms with Crippen LogP contribution in [0.5, 0.6) is 11.5 Å². The maximum atomic E-state index is 9.73. The molecule has 100 valence electrons. The smallest absolute Gasteiger partial charge is 0.172 e. The first-order valence-corrected chi connectivity index (χ1v) is 6.54. The average molecular weight is 331 g/mol. The zero-order valence-electron chi connectivity index (χ0n) is 10.7. The molecule has 0 atom stereocenters. The van der Waals surface area contributed by atoms with Gasteiger partial charge in [-0.2, -0.15) is 5.26 Å². The molecule has 5 heteroatoms. The molecule has 1 N–H and O–H groups in total. The minimum absolute atomic E-state index is 0.0705. The number of halogens is 1. The Bertz CT molecular complexity index is 688. The van der Waals surface area contributed by atoms with Gasteiger partial charge >= 0.3 is 0 Å². The van der Waals surface area contributed by atoms with Crippen molar-refractivity contribution in [2.24, 2.45) is 0 Å². The molecule has 0 unspecified atom stereocenters. The maximum absolute atomic E-state index is 9.73. The number of aromatic hydroxyl groups is 1. The number of rotatable bonds is 3. The van der Waals surface area contributed by atoms with Crippen molar-refractivity contribution < 1.29 is 9.84 Å². The van der Waals surface area contributed by atoms with Gasteiger partial charge in [0.2, 0.25) is 0 Å². The van der Waals surface area contributed by atoms with Crippen molar-refractivity contribution >= 4 is 28.1 Å². The van der Waals surface area contributed by atoms with Gasteiger partial charge in [0, 0.05) is 6.20 Å². The number of pyridine rings is 1. The van der Waals surface area contributed by atoms with E-state index in [1.165, 1.54) is 13.3 Å².